The molecule has 2 aliphatic heterocycles. The van der Waals surface area contributed by atoms with Gasteiger partial charge >= 0.3 is 0 Å². The minimum Gasteiger partial charge on any atom is -0.454 e. The van der Waals surface area contributed by atoms with E-state index in [1.807, 2.05) is 25.1 Å². The van der Waals surface area contributed by atoms with E-state index in [0.717, 1.165) is 36.5 Å². The van der Waals surface area contributed by atoms with E-state index in [4.69, 9.17) is 18.9 Å². The van der Waals surface area contributed by atoms with Gasteiger partial charge in [-0.3, -0.25) is 4.79 Å². The monoisotopic (exact) mass is 335 g/mol. The number of hydrogen-bond acceptors (Lipinski definition) is 5. The standard InChI is InChI=1S/C18H25NO5/c1-3-19(10-14-6-7-16-17(9-14)24-12-23-16)18(20)13(2)22-11-15-5-4-8-21-15/h6-7,9,13,15H,3-5,8,10-12H2,1-2H3. The fraction of sp³-hybridized carbons (Fsp3) is 0.611. The molecule has 0 bridgehead atoms. The Hall–Kier alpha value is -1.79. The second-order valence-corrected chi connectivity index (χ2v) is 6.15. The molecule has 2 atom stereocenters. The van der Waals surface area contributed by atoms with Crippen molar-refractivity contribution in [2.24, 2.45) is 0 Å². The molecular weight excluding hydrogens is 310 g/mol. The van der Waals surface area contributed by atoms with Gasteiger partial charge in [0.1, 0.15) is 6.10 Å². The van der Waals surface area contributed by atoms with Gasteiger partial charge in [0, 0.05) is 19.7 Å². The van der Waals surface area contributed by atoms with E-state index in [1.165, 1.54) is 0 Å². The number of fused-ring (bicyclic) bond motifs is 1. The van der Waals surface area contributed by atoms with Crippen LogP contribution in [-0.4, -0.2) is 49.6 Å². The molecular formula is C18H25NO5. The number of amides is 1. The number of rotatable bonds is 7. The molecule has 6 nitrogen and oxygen atoms in total. The first-order chi connectivity index (χ1) is 11.7. The van der Waals surface area contributed by atoms with Crippen molar-refractivity contribution >= 4 is 5.91 Å². The van der Waals surface area contributed by atoms with Crippen molar-refractivity contribution in [3.05, 3.63) is 23.8 Å². The normalized spacial score (nSPS) is 20.2. The van der Waals surface area contributed by atoms with Crippen molar-refractivity contribution in [1.82, 2.24) is 4.90 Å². The number of hydrogen-bond donors (Lipinski definition) is 0. The van der Waals surface area contributed by atoms with Gasteiger partial charge in [0.05, 0.1) is 12.7 Å². The molecule has 2 aliphatic rings. The third kappa shape index (κ3) is 3.99. The van der Waals surface area contributed by atoms with Gasteiger partial charge in [0.15, 0.2) is 11.5 Å². The molecule has 1 aromatic carbocycles. The molecule has 3 rings (SSSR count). The highest BCUT2D eigenvalue weighted by Crippen LogP contribution is 2.32. The smallest absolute Gasteiger partial charge is 0.251 e. The molecule has 2 heterocycles. The first kappa shape index (κ1) is 17.0. The first-order valence-electron chi connectivity index (χ1n) is 8.58. The third-order valence-corrected chi connectivity index (χ3v) is 4.41. The summed E-state index contributed by atoms with van der Waals surface area (Å²) in [4.78, 5) is 14.4. The molecule has 6 heteroatoms. The molecule has 1 saturated heterocycles. The Morgan fingerprint density at radius 1 is 1.38 bits per heavy atom. The summed E-state index contributed by atoms with van der Waals surface area (Å²) in [6.07, 6.45) is 1.74. The van der Waals surface area contributed by atoms with E-state index in [0.29, 0.717) is 19.7 Å². The van der Waals surface area contributed by atoms with Crippen LogP contribution in [0.5, 0.6) is 11.5 Å². The van der Waals surface area contributed by atoms with Crippen molar-refractivity contribution in [3.8, 4) is 11.5 Å². The van der Waals surface area contributed by atoms with Gasteiger partial charge in [-0.2, -0.15) is 0 Å². The van der Waals surface area contributed by atoms with Crippen molar-refractivity contribution in [2.75, 3.05) is 26.6 Å². The molecule has 0 aromatic heterocycles. The predicted molar refractivity (Wildman–Crippen MR) is 88.0 cm³/mol. The summed E-state index contributed by atoms with van der Waals surface area (Å²) >= 11 is 0. The number of ether oxygens (including phenoxy) is 4. The molecule has 2 unspecified atom stereocenters. The zero-order chi connectivity index (χ0) is 16.9. The predicted octanol–water partition coefficient (Wildman–Crippen LogP) is 2.35. The fourth-order valence-electron chi connectivity index (χ4n) is 2.96. The average Bonchev–Trinajstić information content (AvgIpc) is 3.27. The maximum atomic E-state index is 12.6. The van der Waals surface area contributed by atoms with Crippen molar-refractivity contribution < 1.29 is 23.7 Å². The number of carbonyl (C=O) groups excluding carboxylic acids is 1. The van der Waals surface area contributed by atoms with Crippen LogP contribution in [0.15, 0.2) is 18.2 Å². The minimum atomic E-state index is -0.469. The van der Waals surface area contributed by atoms with Crippen LogP contribution in [-0.2, 0) is 20.8 Å². The molecule has 24 heavy (non-hydrogen) atoms. The molecule has 1 aromatic rings. The van der Waals surface area contributed by atoms with E-state index < -0.39 is 6.10 Å². The first-order valence-corrected chi connectivity index (χ1v) is 8.58. The highest BCUT2D eigenvalue weighted by atomic mass is 16.7. The van der Waals surface area contributed by atoms with Crippen molar-refractivity contribution in [3.63, 3.8) is 0 Å². The fourth-order valence-corrected chi connectivity index (χ4v) is 2.96. The van der Waals surface area contributed by atoms with Crippen LogP contribution in [0.25, 0.3) is 0 Å². The molecule has 0 spiro atoms. The van der Waals surface area contributed by atoms with E-state index in [2.05, 4.69) is 0 Å². The van der Waals surface area contributed by atoms with Crippen molar-refractivity contribution in [2.45, 2.75) is 45.4 Å². The Balaban J connectivity index is 1.55. The average molecular weight is 335 g/mol. The Bertz CT molecular complexity index is 571. The van der Waals surface area contributed by atoms with Crippen LogP contribution in [0.3, 0.4) is 0 Å². The Morgan fingerprint density at radius 2 is 2.21 bits per heavy atom. The minimum absolute atomic E-state index is 0.00633. The number of carbonyl (C=O) groups is 1. The van der Waals surface area contributed by atoms with Gasteiger partial charge < -0.3 is 23.8 Å². The van der Waals surface area contributed by atoms with Crippen molar-refractivity contribution in [1.29, 1.82) is 0 Å². The summed E-state index contributed by atoms with van der Waals surface area (Å²) in [5, 5.41) is 0. The second-order valence-electron chi connectivity index (χ2n) is 6.15. The van der Waals surface area contributed by atoms with Gasteiger partial charge in [-0.25, -0.2) is 0 Å². The number of nitrogens with zero attached hydrogens (tertiary/aromatic N) is 1. The highest BCUT2D eigenvalue weighted by molar-refractivity contribution is 5.80. The zero-order valence-electron chi connectivity index (χ0n) is 14.3. The zero-order valence-corrected chi connectivity index (χ0v) is 14.3. The summed E-state index contributed by atoms with van der Waals surface area (Å²) < 4.78 is 22.0. The molecule has 0 radical (unpaired) electrons. The molecule has 0 saturated carbocycles. The quantitative estimate of drug-likeness (QED) is 0.765. The third-order valence-electron chi connectivity index (χ3n) is 4.41. The maximum absolute atomic E-state index is 12.6. The lowest BCUT2D eigenvalue weighted by molar-refractivity contribution is -0.145. The Morgan fingerprint density at radius 3 is 2.96 bits per heavy atom. The number of benzene rings is 1. The SMILES string of the molecule is CCN(Cc1ccc2c(c1)OCO2)C(=O)C(C)OCC1CCCO1. The van der Waals surface area contributed by atoms with Crippen LogP contribution < -0.4 is 9.47 Å². The van der Waals surface area contributed by atoms with Gasteiger partial charge in [0.2, 0.25) is 6.79 Å². The molecule has 132 valence electrons. The second kappa shape index (κ2) is 7.85. The van der Waals surface area contributed by atoms with Gasteiger partial charge in [-0.05, 0) is 44.4 Å². The topological polar surface area (TPSA) is 57.2 Å². The van der Waals surface area contributed by atoms with E-state index in [-0.39, 0.29) is 18.8 Å². The van der Waals surface area contributed by atoms with E-state index >= 15 is 0 Å². The highest BCUT2D eigenvalue weighted by Gasteiger charge is 2.24. The van der Waals surface area contributed by atoms with Crippen LogP contribution in [0, 0.1) is 0 Å². The lowest BCUT2D eigenvalue weighted by atomic mass is 10.1. The Labute approximate surface area is 142 Å². The van der Waals surface area contributed by atoms with Crippen LogP contribution >= 0.6 is 0 Å². The summed E-state index contributed by atoms with van der Waals surface area (Å²) in [7, 11) is 0. The van der Waals surface area contributed by atoms with Gasteiger partial charge in [0.25, 0.3) is 5.91 Å². The summed E-state index contributed by atoms with van der Waals surface area (Å²) in [5.74, 6) is 1.48. The van der Waals surface area contributed by atoms with Crippen LogP contribution in [0.2, 0.25) is 0 Å². The molecule has 1 amide bonds. The lowest BCUT2D eigenvalue weighted by Gasteiger charge is -2.25. The summed E-state index contributed by atoms with van der Waals surface area (Å²) in [6, 6.07) is 5.77. The maximum Gasteiger partial charge on any atom is 0.251 e. The summed E-state index contributed by atoms with van der Waals surface area (Å²) in [6.45, 7) is 6.46. The van der Waals surface area contributed by atoms with E-state index in [1.54, 1.807) is 11.8 Å². The van der Waals surface area contributed by atoms with E-state index in [9.17, 15) is 4.79 Å². The largest absolute Gasteiger partial charge is 0.454 e. The van der Waals surface area contributed by atoms with Crippen LogP contribution in [0.4, 0.5) is 0 Å². The summed E-state index contributed by atoms with van der Waals surface area (Å²) in [5.41, 5.74) is 1.01. The Kier molecular flexibility index (Phi) is 5.58. The number of likely N-dealkylation sites (N-methyl/N-ethyl adjacent to an activating group) is 1. The van der Waals surface area contributed by atoms with Crippen LogP contribution in [0.1, 0.15) is 32.3 Å². The van der Waals surface area contributed by atoms with Gasteiger partial charge in [-0.15, -0.1) is 0 Å². The molecule has 0 aliphatic carbocycles. The molecule has 0 N–H and O–H groups in total. The lowest BCUT2D eigenvalue weighted by Crippen LogP contribution is -2.39. The van der Waals surface area contributed by atoms with Gasteiger partial charge in [-0.1, -0.05) is 6.07 Å². The molecule has 1 fully saturated rings.